The predicted octanol–water partition coefficient (Wildman–Crippen LogP) is 3.74. The van der Waals surface area contributed by atoms with Crippen LogP contribution in [0, 0.1) is 23.2 Å². The first kappa shape index (κ1) is 21.9. The van der Waals surface area contributed by atoms with E-state index in [4.69, 9.17) is 9.47 Å². The van der Waals surface area contributed by atoms with E-state index >= 15 is 0 Å². The number of hydrogen-bond donors (Lipinski definition) is 0. The van der Waals surface area contributed by atoms with E-state index in [1.807, 2.05) is 51.9 Å². The smallest absolute Gasteiger partial charge is 0.306 e. The molecule has 7 nitrogen and oxygen atoms in total. The van der Waals surface area contributed by atoms with Gasteiger partial charge in [-0.15, -0.1) is 0 Å². The summed E-state index contributed by atoms with van der Waals surface area (Å²) in [7, 11) is 3.78. The largest absolute Gasteiger partial charge is 0.491 e. The lowest BCUT2D eigenvalue weighted by molar-refractivity contribution is -0.155. The summed E-state index contributed by atoms with van der Waals surface area (Å²) in [6.45, 7) is 8.05. The van der Waals surface area contributed by atoms with Gasteiger partial charge in [0.15, 0.2) is 0 Å². The van der Waals surface area contributed by atoms with Crippen molar-refractivity contribution in [1.82, 2.24) is 4.90 Å². The van der Waals surface area contributed by atoms with Crippen molar-refractivity contribution in [2.75, 3.05) is 38.7 Å². The molecule has 1 unspecified atom stereocenters. The summed E-state index contributed by atoms with van der Waals surface area (Å²) in [4.78, 5) is 20.7. The first-order valence-corrected chi connectivity index (χ1v) is 10.5. The van der Waals surface area contributed by atoms with E-state index in [1.165, 1.54) is 0 Å². The molecule has 162 valence electrons. The van der Waals surface area contributed by atoms with Crippen LogP contribution in [-0.2, 0) is 9.53 Å². The standard InChI is InChI=1S/C23H32N4O3/c1-23(2,3)30-22(28)7-6-16-8-9-27-13-18(16)14-29-21-11-19(25-15-26(4)5)17(12-24)10-20(21)27/h10-11,15-16,18H,6-9,13-14H2,1-5H3/t16?,18-/m0/s1. The Kier molecular flexibility index (Phi) is 6.55. The number of hydrogen-bond acceptors (Lipinski definition) is 6. The van der Waals surface area contributed by atoms with Crippen LogP contribution in [0.1, 0.15) is 45.6 Å². The Morgan fingerprint density at radius 2 is 2.20 bits per heavy atom. The molecule has 2 bridgehead atoms. The third-order valence-electron chi connectivity index (χ3n) is 5.45. The molecule has 1 aromatic rings. The molecule has 2 aliphatic heterocycles. The lowest BCUT2D eigenvalue weighted by Gasteiger charge is -2.37. The van der Waals surface area contributed by atoms with Gasteiger partial charge in [-0.05, 0) is 45.6 Å². The van der Waals surface area contributed by atoms with E-state index in [0.29, 0.717) is 36.1 Å². The highest BCUT2D eigenvalue weighted by atomic mass is 16.6. The average Bonchev–Trinajstić information content (AvgIpc) is 2.80. The van der Waals surface area contributed by atoms with Crippen LogP contribution in [0.25, 0.3) is 0 Å². The Labute approximate surface area is 179 Å². The molecule has 2 aliphatic rings. The van der Waals surface area contributed by atoms with Crippen molar-refractivity contribution in [2.45, 2.75) is 45.6 Å². The number of carbonyl (C=O) groups is 1. The molecule has 1 saturated heterocycles. The van der Waals surface area contributed by atoms with Gasteiger partial charge in [0.25, 0.3) is 0 Å². The van der Waals surface area contributed by atoms with Gasteiger partial charge in [0.1, 0.15) is 17.4 Å². The van der Waals surface area contributed by atoms with Gasteiger partial charge in [0.05, 0.1) is 29.9 Å². The normalized spacial score (nSPS) is 20.7. The van der Waals surface area contributed by atoms with E-state index < -0.39 is 5.60 Å². The van der Waals surface area contributed by atoms with Crippen molar-refractivity contribution in [3.63, 3.8) is 0 Å². The number of piperidine rings is 1. The maximum Gasteiger partial charge on any atom is 0.306 e. The SMILES string of the molecule is CN(C)C=Nc1cc2c(cc1C#N)N1CCC(CCC(=O)OC(C)(C)C)[C@H](CO2)C1. The van der Waals surface area contributed by atoms with Gasteiger partial charge in [-0.25, -0.2) is 4.99 Å². The van der Waals surface area contributed by atoms with Crippen LogP contribution in [0.2, 0.25) is 0 Å². The molecule has 0 amide bonds. The van der Waals surface area contributed by atoms with E-state index in [2.05, 4.69) is 16.0 Å². The van der Waals surface area contributed by atoms with Crippen LogP contribution in [0.4, 0.5) is 11.4 Å². The molecule has 2 atom stereocenters. The zero-order valence-corrected chi connectivity index (χ0v) is 18.6. The third-order valence-corrected chi connectivity index (χ3v) is 5.45. The molecule has 0 saturated carbocycles. The molecule has 7 heteroatoms. The van der Waals surface area contributed by atoms with Crippen LogP contribution in [0.5, 0.6) is 5.75 Å². The number of ether oxygens (including phenoxy) is 2. The highest BCUT2D eigenvalue weighted by Crippen LogP contribution is 2.42. The van der Waals surface area contributed by atoms with E-state index in [9.17, 15) is 10.1 Å². The fraction of sp³-hybridized carbons (Fsp3) is 0.609. The van der Waals surface area contributed by atoms with Crippen LogP contribution < -0.4 is 9.64 Å². The number of anilines is 1. The monoisotopic (exact) mass is 412 g/mol. The summed E-state index contributed by atoms with van der Waals surface area (Å²) in [6, 6.07) is 6.01. The Hall–Kier alpha value is -2.75. The second-order valence-electron chi connectivity index (χ2n) is 9.35. The molecular weight excluding hydrogens is 380 g/mol. The van der Waals surface area contributed by atoms with Gasteiger partial charge in [-0.1, -0.05) is 0 Å². The van der Waals surface area contributed by atoms with Crippen LogP contribution in [0.3, 0.4) is 0 Å². The first-order valence-electron chi connectivity index (χ1n) is 10.5. The lowest BCUT2D eigenvalue weighted by atomic mass is 9.83. The number of benzene rings is 1. The zero-order chi connectivity index (χ0) is 21.9. The number of aliphatic imine (C=N–C) groups is 1. The lowest BCUT2D eigenvalue weighted by Crippen LogP contribution is -2.41. The van der Waals surface area contributed by atoms with Gasteiger partial charge < -0.3 is 19.3 Å². The Bertz CT molecular complexity index is 851. The second kappa shape index (κ2) is 8.95. The molecule has 0 aromatic heterocycles. The Morgan fingerprint density at radius 1 is 1.43 bits per heavy atom. The third kappa shape index (κ3) is 5.44. The van der Waals surface area contributed by atoms with Crippen molar-refractivity contribution in [2.24, 2.45) is 16.8 Å². The van der Waals surface area contributed by atoms with Crippen LogP contribution in [-0.4, -0.2) is 56.6 Å². The van der Waals surface area contributed by atoms with Gasteiger partial charge in [0.2, 0.25) is 0 Å². The Morgan fingerprint density at radius 3 is 2.87 bits per heavy atom. The molecule has 30 heavy (non-hydrogen) atoms. The fourth-order valence-corrected chi connectivity index (χ4v) is 4.06. The van der Waals surface area contributed by atoms with E-state index in [-0.39, 0.29) is 5.97 Å². The van der Waals surface area contributed by atoms with Crippen molar-refractivity contribution < 1.29 is 14.3 Å². The van der Waals surface area contributed by atoms with E-state index in [1.54, 1.807) is 6.34 Å². The van der Waals surface area contributed by atoms with E-state index in [0.717, 1.165) is 37.4 Å². The summed E-state index contributed by atoms with van der Waals surface area (Å²) >= 11 is 0. The van der Waals surface area contributed by atoms with Crippen LogP contribution >= 0.6 is 0 Å². The molecule has 1 fully saturated rings. The maximum atomic E-state index is 12.1. The predicted molar refractivity (Wildman–Crippen MR) is 117 cm³/mol. The number of esters is 1. The second-order valence-corrected chi connectivity index (χ2v) is 9.35. The van der Waals surface area contributed by atoms with Crippen LogP contribution in [0.15, 0.2) is 17.1 Å². The molecule has 0 N–H and O–H groups in total. The average molecular weight is 413 g/mol. The molecular formula is C23H32N4O3. The zero-order valence-electron chi connectivity index (χ0n) is 18.6. The Balaban J connectivity index is 1.72. The number of nitrogens with zero attached hydrogens (tertiary/aromatic N) is 4. The molecule has 0 aliphatic carbocycles. The molecule has 2 heterocycles. The van der Waals surface area contributed by atoms with Crippen molar-refractivity contribution >= 4 is 23.7 Å². The van der Waals surface area contributed by atoms with Gasteiger partial charge in [-0.2, -0.15) is 5.26 Å². The highest BCUT2D eigenvalue weighted by Gasteiger charge is 2.34. The summed E-state index contributed by atoms with van der Waals surface area (Å²) in [5, 5.41) is 9.58. The molecule has 1 aromatic carbocycles. The minimum Gasteiger partial charge on any atom is -0.491 e. The topological polar surface area (TPSA) is 78.2 Å². The number of nitriles is 1. The first-order chi connectivity index (χ1) is 14.2. The summed E-state index contributed by atoms with van der Waals surface area (Å²) in [5.41, 5.74) is 1.67. The number of fused-ring (bicyclic) bond motifs is 4. The fourth-order valence-electron chi connectivity index (χ4n) is 4.06. The number of rotatable bonds is 5. The van der Waals surface area contributed by atoms with Crippen molar-refractivity contribution in [3.8, 4) is 11.8 Å². The molecule has 0 spiro atoms. The minimum absolute atomic E-state index is 0.134. The molecule has 0 radical (unpaired) electrons. The highest BCUT2D eigenvalue weighted by molar-refractivity contribution is 5.73. The van der Waals surface area contributed by atoms with Gasteiger partial charge in [-0.3, -0.25) is 4.79 Å². The van der Waals surface area contributed by atoms with Crippen molar-refractivity contribution in [1.29, 1.82) is 5.26 Å². The summed E-state index contributed by atoms with van der Waals surface area (Å²) < 4.78 is 11.6. The van der Waals surface area contributed by atoms with Gasteiger partial charge in [0, 0.05) is 45.6 Å². The quantitative estimate of drug-likeness (QED) is 0.416. The minimum atomic E-state index is -0.446. The number of carbonyl (C=O) groups excluding carboxylic acids is 1. The maximum absolute atomic E-state index is 12.1. The van der Waals surface area contributed by atoms with Crippen molar-refractivity contribution in [3.05, 3.63) is 17.7 Å². The summed E-state index contributed by atoms with van der Waals surface area (Å²) in [5.74, 6) is 1.40. The molecule has 3 rings (SSSR count). The van der Waals surface area contributed by atoms with Gasteiger partial charge >= 0.3 is 5.97 Å². The summed E-state index contributed by atoms with van der Waals surface area (Å²) in [6.07, 6.45) is 3.94.